The average Bonchev–Trinajstić information content (AvgIpc) is 2.15. The maximum absolute atomic E-state index is 12.4. The molecule has 0 radical (unpaired) electrons. The highest BCUT2D eigenvalue weighted by atomic mass is 19.4. The summed E-state index contributed by atoms with van der Waals surface area (Å²) in [5.41, 5.74) is -0.721. The summed E-state index contributed by atoms with van der Waals surface area (Å²) in [5, 5.41) is 0. The molecule has 1 aromatic rings. The highest BCUT2D eigenvalue weighted by Crippen LogP contribution is 2.21. The Hall–Kier alpha value is -1.33. The topological polar surface area (TPSA) is 18.5 Å². The van der Waals surface area contributed by atoms with Gasteiger partial charge in [0.1, 0.15) is 11.5 Å². The van der Waals surface area contributed by atoms with E-state index in [-0.39, 0.29) is 11.5 Å². The van der Waals surface area contributed by atoms with Crippen molar-refractivity contribution in [1.82, 2.24) is 0 Å². The van der Waals surface area contributed by atoms with Gasteiger partial charge in [0, 0.05) is 6.07 Å². The highest BCUT2D eigenvalue weighted by molar-refractivity contribution is 6.73. The predicted molar refractivity (Wildman–Crippen MR) is 48.3 cm³/mol. The molecule has 0 fully saturated rings. The number of hydrogen-bond donors (Lipinski definition) is 0. The van der Waals surface area contributed by atoms with Crippen LogP contribution in [0.15, 0.2) is 18.2 Å². The first-order valence-corrected chi connectivity index (χ1v) is 3.90. The number of halogens is 3. The number of rotatable bonds is 3. The molecule has 0 spiro atoms. The molecule has 0 unspecified atom stereocenters. The van der Waals surface area contributed by atoms with Gasteiger partial charge in [0.25, 0.3) is 0 Å². The highest BCUT2D eigenvalue weighted by Gasteiger charge is 2.26. The molecule has 0 aliphatic heterocycles. The van der Waals surface area contributed by atoms with E-state index in [0.29, 0.717) is 0 Å². The third-order valence-corrected chi connectivity index (χ3v) is 1.75. The summed E-state index contributed by atoms with van der Waals surface area (Å²) in [7, 11) is 2.61. The van der Waals surface area contributed by atoms with E-state index in [1.807, 2.05) is 0 Å². The molecule has 78 valence electrons. The van der Waals surface area contributed by atoms with Gasteiger partial charge in [-0.15, -0.1) is 5.46 Å². The second-order valence-electron chi connectivity index (χ2n) is 2.72. The summed E-state index contributed by atoms with van der Waals surface area (Å²) >= 11 is 0. The van der Waals surface area contributed by atoms with Crippen LogP contribution in [0.3, 0.4) is 0 Å². The minimum atomic E-state index is -5.02. The van der Waals surface area contributed by atoms with Gasteiger partial charge in [-0.3, -0.25) is 0 Å². The quantitative estimate of drug-likeness (QED) is 0.699. The van der Waals surface area contributed by atoms with E-state index in [1.54, 1.807) is 0 Å². The van der Waals surface area contributed by atoms with Gasteiger partial charge in [-0.1, -0.05) is 0 Å². The molecular formula is C8H9BF3O2-. The van der Waals surface area contributed by atoms with Crippen LogP contribution < -0.4 is 14.9 Å². The summed E-state index contributed by atoms with van der Waals surface area (Å²) in [6, 6.07) is 3.29. The van der Waals surface area contributed by atoms with Crippen molar-refractivity contribution in [2.75, 3.05) is 14.2 Å². The van der Waals surface area contributed by atoms with Gasteiger partial charge in [-0.25, -0.2) is 0 Å². The van der Waals surface area contributed by atoms with Crippen LogP contribution in [0.5, 0.6) is 11.5 Å². The van der Waals surface area contributed by atoms with E-state index in [4.69, 9.17) is 9.47 Å². The molecule has 0 saturated carbocycles. The van der Waals surface area contributed by atoms with Gasteiger partial charge in [0.15, 0.2) is 0 Å². The zero-order valence-corrected chi connectivity index (χ0v) is 7.76. The Morgan fingerprint density at radius 2 is 1.36 bits per heavy atom. The van der Waals surface area contributed by atoms with Crippen LogP contribution in [0.1, 0.15) is 0 Å². The van der Waals surface area contributed by atoms with Gasteiger partial charge >= 0.3 is 6.98 Å². The van der Waals surface area contributed by atoms with E-state index in [9.17, 15) is 12.9 Å². The largest absolute Gasteiger partial charge is 0.509 e. The van der Waals surface area contributed by atoms with Gasteiger partial charge in [-0.2, -0.15) is 0 Å². The van der Waals surface area contributed by atoms with Crippen molar-refractivity contribution < 1.29 is 22.4 Å². The van der Waals surface area contributed by atoms with E-state index >= 15 is 0 Å². The summed E-state index contributed by atoms with van der Waals surface area (Å²) in [5.74, 6) is 0.275. The first-order valence-electron chi connectivity index (χ1n) is 3.90. The first-order chi connectivity index (χ1) is 6.47. The number of ether oxygens (including phenoxy) is 2. The lowest BCUT2D eigenvalue weighted by Crippen LogP contribution is -2.33. The average molecular weight is 205 g/mol. The molecule has 14 heavy (non-hydrogen) atoms. The first kappa shape index (κ1) is 10.8. The molecule has 0 heterocycles. The van der Waals surface area contributed by atoms with Crippen molar-refractivity contribution in [3.05, 3.63) is 18.2 Å². The van der Waals surface area contributed by atoms with Gasteiger partial charge in [-0.05, 0) is 12.1 Å². The van der Waals surface area contributed by atoms with Crippen molar-refractivity contribution >= 4 is 12.4 Å². The van der Waals surface area contributed by atoms with Crippen molar-refractivity contribution in [1.29, 1.82) is 0 Å². The number of hydrogen-bond acceptors (Lipinski definition) is 2. The van der Waals surface area contributed by atoms with Crippen LogP contribution in [0.25, 0.3) is 0 Å². The van der Waals surface area contributed by atoms with Gasteiger partial charge < -0.3 is 22.4 Å². The lowest BCUT2D eigenvalue weighted by atomic mass is 9.80. The lowest BCUT2D eigenvalue weighted by molar-refractivity contribution is 0.394. The van der Waals surface area contributed by atoms with E-state index in [0.717, 1.165) is 12.1 Å². The van der Waals surface area contributed by atoms with Crippen LogP contribution in [-0.4, -0.2) is 21.2 Å². The molecule has 0 N–H and O–H groups in total. The van der Waals surface area contributed by atoms with Crippen LogP contribution >= 0.6 is 0 Å². The predicted octanol–water partition coefficient (Wildman–Crippen LogP) is 1.76. The fraction of sp³-hybridized carbons (Fsp3) is 0.250. The maximum atomic E-state index is 12.4. The van der Waals surface area contributed by atoms with Crippen molar-refractivity contribution in [2.24, 2.45) is 0 Å². The standard InChI is InChI=1S/C8H9BF3O2/c1-13-7-3-6(9(10,11)12)4-8(5-7)14-2/h3-5H,1-2H3/q-1. The Labute approximate surface area is 79.7 Å². The SMILES string of the molecule is COc1cc(OC)cc([B-](F)(F)F)c1. The van der Waals surface area contributed by atoms with E-state index in [2.05, 4.69) is 0 Å². The van der Waals surface area contributed by atoms with Crippen molar-refractivity contribution in [2.45, 2.75) is 0 Å². The fourth-order valence-corrected chi connectivity index (χ4v) is 1.02. The molecule has 2 nitrogen and oxygen atoms in total. The second-order valence-corrected chi connectivity index (χ2v) is 2.72. The summed E-state index contributed by atoms with van der Waals surface area (Å²) in [6.07, 6.45) is 0. The molecular weight excluding hydrogens is 196 g/mol. The Morgan fingerprint density at radius 3 is 1.64 bits per heavy atom. The molecule has 1 rings (SSSR count). The number of benzene rings is 1. The number of methoxy groups -OCH3 is 2. The van der Waals surface area contributed by atoms with E-state index < -0.39 is 12.4 Å². The summed E-state index contributed by atoms with van der Waals surface area (Å²) in [4.78, 5) is 0. The second kappa shape index (κ2) is 3.81. The van der Waals surface area contributed by atoms with Crippen LogP contribution in [0.4, 0.5) is 12.9 Å². The zero-order chi connectivity index (χ0) is 10.8. The zero-order valence-electron chi connectivity index (χ0n) is 7.76. The van der Waals surface area contributed by atoms with Crippen LogP contribution in [-0.2, 0) is 0 Å². The van der Waals surface area contributed by atoms with Gasteiger partial charge in [0.05, 0.1) is 14.2 Å². The molecule has 0 bridgehead atoms. The summed E-state index contributed by atoms with van der Waals surface area (Å²) in [6.45, 7) is -5.02. The minimum Gasteiger partial charge on any atom is -0.497 e. The normalized spacial score (nSPS) is 11.2. The molecule has 0 saturated heterocycles. The van der Waals surface area contributed by atoms with Crippen molar-refractivity contribution in [3.63, 3.8) is 0 Å². The van der Waals surface area contributed by atoms with Crippen molar-refractivity contribution in [3.8, 4) is 11.5 Å². The maximum Gasteiger partial charge on any atom is 0.509 e. The lowest BCUT2D eigenvalue weighted by Gasteiger charge is -2.16. The molecule has 0 aliphatic rings. The molecule has 6 heteroatoms. The van der Waals surface area contributed by atoms with Gasteiger partial charge in [0.2, 0.25) is 0 Å². The Morgan fingerprint density at radius 1 is 0.929 bits per heavy atom. The molecule has 0 amide bonds. The Kier molecular flexibility index (Phi) is 2.93. The third kappa shape index (κ3) is 2.34. The summed E-state index contributed by atoms with van der Waals surface area (Å²) < 4.78 is 46.6. The molecule has 0 aromatic heterocycles. The Bertz CT molecular complexity index is 303. The monoisotopic (exact) mass is 205 g/mol. The molecule has 1 aromatic carbocycles. The third-order valence-electron chi connectivity index (χ3n) is 1.75. The molecule has 0 aliphatic carbocycles. The molecule has 0 atom stereocenters. The van der Waals surface area contributed by atoms with Crippen LogP contribution in [0.2, 0.25) is 0 Å². The minimum absolute atomic E-state index is 0.138. The van der Waals surface area contributed by atoms with Crippen LogP contribution in [0, 0.1) is 0 Å². The van der Waals surface area contributed by atoms with E-state index in [1.165, 1.54) is 20.3 Å². The smallest absolute Gasteiger partial charge is 0.497 e. The fourth-order valence-electron chi connectivity index (χ4n) is 1.02. The Balaban J connectivity index is 3.17.